The molecule has 0 amide bonds. The third kappa shape index (κ3) is 2.33. The molecule has 0 spiro atoms. The first-order chi connectivity index (χ1) is 5.84. The summed E-state index contributed by atoms with van der Waals surface area (Å²) in [6.07, 6.45) is 2.35. The summed E-state index contributed by atoms with van der Waals surface area (Å²) in [4.78, 5) is 13.3. The van der Waals surface area contributed by atoms with E-state index in [9.17, 15) is 4.79 Å². The van der Waals surface area contributed by atoms with E-state index in [0.717, 1.165) is 6.42 Å². The Balaban J connectivity index is 2.62. The van der Waals surface area contributed by atoms with Gasteiger partial charge >= 0.3 is 0 Å². The number of isocyanates is 1. The Kier molecular flexibility index (Phi) is 3.24. The maximum atomic E-state index is 9.79. The van der Waals surface area contributed by atoms with Crippen LogP contribution in [0.25, 0.3) is 0 Å². The first-order valence-electron chi connectivity index (χ1n) is 3.92. The second kappa shape index (κ2) is 4.47. The smallest absolute Gasteiger partial charge is 0.211 e. The van der Waals surface area contributed by atoms with Gasteiger partial charge in [-0.2, -0.15) is 0 Å². The van der Waals surface area contributed by atoms with E-state index < -0.39 is 0 Å². The SMILES string of the molecule is Cc1ccccc1CCN=C=O. The monoisotopic (exact) mass is 161 g/mol. The van der Waals surface area contributed by atoms with Crippen molar-refractivity contribution in [2.24, 2.45) is 4.99 Å². The van der Waals surface area contributed by atoms with Crippen molar-refractivity contribution in [1.82, 2.24) is 0 Å². The highest BCUT2D eigenvalue weighted by molar-refractivity contribution is 5.33. The topological polar surface area (TPSA) is 29.4 Å². The van der Waals surface area contributed by atoms with Gasteiger partial charge < -0.3 is 0 Å². The summed E-state index contributed by atoms with van der Waals surface area (Å²) in [6.45, 7) is 2.59. The van der Waals surface area contributed by atoms with Crippen molar-refractivity contribution in [3.8, 4) is 0 Å². The van der Waals surface area contributed by atoms with Gasteiger partial charge in [0.15, 0.2) is 0 Å². The molecule has 0 saturated heterocycles. The van der Waals surface area contributed by atoms with E-state index >= 15 is 0 Å². The molecule has 12 heavy (non-hydrogen) atoms. The second-order valence-electron chi connectivity index (χ2n) is 2.65. The predicted molar refractivity (Wildman–Crippen MR) is 47.9 cm³/mol. The average Bonchev–Trinajstić information content (AvgIpc) is 2.09. The number of hydrogen-bond acceptors (Lipinski definition) is 2. The molecule has 0 unspecified atom stereocenters. The molecule has 0 radical (unpaired) electrons. The van der Waals surface area contributed by atoms with E-state index in [-0.39, 0.29) is 0 Å². The summed E-state index contributed by atoms with van der Waals surface area (Å²) >= 11 is 0. The molecule has 0 aromatic heterocycles. The van der Waals surface area contributed by atoms with Gasteiger partial charge in [0.1, 0.15) is 0 Å². The maximum Gasteiger partial charge on any atom is 0.234 e. The van der Waals surface area contributed by atoms with Crippen molar-refractivity contribution in [3.05, 3.63) is 35.4 Å². The normalized spacial score (nSPS) is 9.08. The Hall–Kier alpha value is -1.40. The molecule has 0 aliphatic heterocycles. The summed E-state index contributed by atoms with van der Waals surface area (Å²) < 4.78 is 0. The summed E-state index contributed by atoms with van der Waals surface area (Å²) in [5.41, 5.74) is 2.50. The lowest BCUT2D eigenvalue weighted by atomic mass is 10.1. The van der Waals surface area contributed by atoms with Crippen LogP contribution in [0.15, 0.2) is 29.3 Å². The van der Waals surface area contributed by atoms with Crippen molar-refractivity contribution in [2.75, 3.05) is 6.54 Å². The summed E-state index contributed by atoms with van der Waals surface area (Å²) in [6, 6.07) is 8.10. The molecule has 1 rings (SSSR count). The molecule has 0 aliphatic carbocycles. The predicted octanol–water partition coefficient (Wildman–Crippen LogP) is 1.87. The number of aryl methyl sites for hydroxylation is 1. The van der Waals surface area contributed by atoms with Crippen molar-refractivity contribution in [3.63, 3.8) is 0 Å². The Morgan fingerprint density at radius 2 is 2.17 bits per heavy atom. The van der Waals surface area contributed by atoms with E-state index in [0.29, 0.717) is 6.54 Å². The quantitative estimate of drug-likeness (QED) is 0.491. The molecule has 0 bridgehead atoms. The van der Waals surface area contributed by atoms with Gasteiger partial charge in [0, 0.05) is 0 Å². The third-order valence-electron chi connectivity index (χ3n) is 1.82. The van der Waals surface area contributed by atoms with Gasteiger partial charge in [0.05, 0.1) is 6.54 Å². The van der Waals surface area contributed by atoms with E-state index in [1.54, 1.807) is 0 Å². The molecule has 1 aromatic rings. The number of aliphatic imine (C=N–C) groups is 1. The number of benzene rings is 1. The van der Waals surface area contributed by atoms with Crippen molar-refractivity contribution in [1.29, 1.82) is 0 Å². The number of hydrogen-bond donors (Lipinski definition) is 0. The minimum absolute atomic E-state index is 0.536. The molecule has 0 fully saturated rings. The van der Waals surface area contributed by atoms with Gasteiger partial charge in [-0.3, -0.25) is 0 Å². The maximum absolute atomic E-state index is 9.79. The first-order valence-corrected chi connectivity index (χ1v) is 3.92. The number of nitrogens with zero attached hydrogens (tertiary/aromatic N) is 1. The minimum Gasteiger partial charge on any atom is -0.211 e. The van der Waals surface area contributed by atoms with Crippen LogP contribution >= 0.6 is 0 Å². The van der Waals surface area contributed by atoms with Crippen LogP contribution < -0.4 is 0 Å². The highest BCUT2D eigenvalue weighted by Gasteiger charge is 1.94. The lowest BCUT2D eigenvalue weighted by molar-refractivity contribution is 0.563. The zero-order valence-electron chi connectivity index (χ0n) is 7.08. The highest BCUT2D eigenvalue weighted by Crippen LogP contribution is 2.07. The molecule has 2 heteroatoms. The van der Waals surface area contributed by atoms with E-state index in [2.05, 4.69) is 24.0 Å². The van der Waals surface area contributed by atoms with E-state index in [1.807, 2.05) is 12.1 Å². The lowest BCUT2D eigenvalue weighted by Gasteiger charge is -2.00. The van der Waals surface area contributed by atoms with Gasteiger partial charge in [-0.1, -0.05) is 24.3 Å². The standard InChI is InChI=1S/C10H11NO/c1-9-4-2-3-5-10(9)6-7-11-8-12/h2-5H,6-7H2,1H3. The molecule has 0 aliphatic rings. The molecule has 0 saturated carbocycles. The minimum atomic E-state index is 0.536. The van der Waals surface area contributed by atoms with E-state index in [1.165, 1.54) is 17.2 Å². The number of carbonyl (C=O) groups excluding carboxylic acids is 1. The largest absolute Gasteiger partial charge is 0.234 e. The van der Waals surface area contributed by atoms with Gasteiger partial charge in [-0.15, -0.1) is 0 Å². The number of rotatable bonds is 3. The molecule has 0 heterocycles. The van der Waals surface area contributed by atoms with Crippen molar-refractivity contribution < 1.29 is 4.79 Å². The van der Waals surface area contributed by atoms with Crippen molar-refractivity contribution in [2.45, 2.75) is 13.3 Å². The summed E-state index contributed by atoms with van der Waals surface area (Å²) in [7, 11) is 0. The van der Waals surface area contributed by atoms with Crippen LogP contribution in [0.1, 0.15) is 11.1 Å². The average molecular weight is 161 g/mol. The van der Waals surface area contributed by atoms with Gasteiger partial charge in [0.25, 0.3) is 0 Å². The van der Waals surface area contributed by atoms with Crippen molar-refractivity contribution >= 4 is 6.08 Å². The molecular weight excluding hydrogens is 150 g/mol. The lowest BCUT2D eigenvalue weighted by Crippen LogP contribution is -1.91. The van der Waals surface area contributed by atoms with Gasteiger partial charge in [-0.05, 0) is 24.5 Å². The third-order valence-corrected chi connectivity index (χ3v) is 1.82. The molecular formula is C10H11NO. The Labute approximate surface area is 71.9 Å². The van der Waals surface area contributed by atoms with Crippen LogP contribution in [0.2, 0.25) is 0 Å². The zero-order chi connectivity index (χ0) is 8.81. The Bertz CT molecular complexity index is 300. The fraction of sp³-hybridized carbons (Fsp3) is 0.300. The molecule has 2 nitrogen and oxygen atoms in total. The fourth-order valence-electron chi connectivity index (χ4n) is 1.11. The van der Waals surface area contributed by atoms with Crippen LogP contribution in [0.5, 0.6) is 0 Å². The van der Waals surface area contributed by atoms with Crippen LogP contribution in [0, 0.1) is 6.92 Å². The van der Waals surface area contributed by atoms with Crippen LogP contribution in [0.4, 0.5) is 0 Å². The zero-order valence-corrected chi connectivity index (χ0v) is 7.08. The van der Waals surface area contributed by atoms with Crippen LogP contribution in [-0.2, 0) is 11.2 Å². The second-order valence-corrected chi connectivity index (χ2v) is 2.65. The van der Waals surface area contributed by atoms with E-state index in [4.69, 9.17) is 0 Å². The molecule has 62 valence electrons. The Morgan fingerprint density at radius 3 is 2.83 bits per heavy atom. The van der Waals surface area contributed by atoms with Crippen LogP contribution in [-0.4, -0.2) is 12.6 Å². The van der Waals surface area contributed by atoms with Crippen LogP contribution in [0.3, 0.4) is 0 Å². The molecule has 1 aromatic carbocycles. The van der Waals surface area contributed by atoms with Gasteiger partial charge in [0.2, 0.25) is 6.08 Å². The molecule has 0 atom stereocenters. The first kappa shape index (κ1) is 8.69. The summed E-state index contributed by atoms with van der Waals surface area (Å²) in [5, 5.41) is 0. The van der Waals surface area contributed by atoms with Gasteiger partial charge in [-0.25, -0.2) is 9.79 Å². The highest BCUT2D eigenvalue weighted by atomic mass is 16.1. The summed E-state index contributed by atoms with van der Waals surface area (Å²) in [5.74, 6) is 0. The fourth-order valence-corrected chi connectivity index (χ4v) is 1.11. The Morgan fingerprint density at radius 1 is 1.42 bits per heavy atom. The molecule has 0 N–H and O–H groups in total.